The van der Waals surface area contributed by atoms with Crippen LogP contribution in [0.25, 0.3) is 16.6 Å². The van der Waals surface area contributed by atoms with Gasteiger partial charge in [-0.25, -0.2) is 4.98 Å². The molecule has 31 heavy (non-hydrogen) atoms. The maximum absolute atomic E-state index is 13.2. The van der Waals surface area contributed by atoms with Gasteiger partial charge in [0.1, 0.15) is 17.3 Å². The number of hydrogen-bond acceptors (Lipinski definition) is 5. The summed E-state index contributed by atoms with van der Waals surface area (Å²) in [5.41, 5.74) is 2.30. The van der Waals surface area contributed by atoms with Crippen molar-refractivity contribution in [1.29, 1.82) is 0 Å². The molecule has 1 aromatic heterocycles. The molecule has 1 saturated heterocycles. The predicted octanol–water partition coefficient (Wildman–Crippen LogP) is 4.26. The molecule has 0 amide bonds. The van der Waals surface area contributed by atoms with Gasteiger partial charge in [-0.05, 0) is 70.8 Å². The molecule has 1 fully saturated rings. The zero-order chi connectivity index (χ0) is 22.0. The molecule has 6 heteroatoms. The number of fused-ring (bicyclic) bond motifs is 1. The van der Waals surface area contributed by atoms with E-state index in [-0.39, 0.29) is 5.56 Å². The first-order valence-electron chi connectivity index (χ1n) is 11.0. The molecule has 4 rings (SSSR count). The number of aromatic nitrogens is 2. The van der Waals surface area contributed by atoms with Gasteiger partial charge >= 0.3 is 0 Å². The SMILES string of the molecule is COc1cc(OCCCN2CCC[C@H]2C)ccc1-n1c(C)nc2ccc(C)cc2c1=O. The molecule has 1 aliphatic rings. The molecule has 2 aromatic carbocycles. The summed E-state index contributed by atoms with van der Waals surface area (Å²) in [4.78, 5) is 20.4. The molecule has 0 bridgehead atoms. The second-order valence-corrected chi connectivity index (χ2v) is 8.38. The third kappa shape index (κ3) is 4.44. The van der Waals surface area contributed by atoms with E-state index in [1.54, 1.807) is 11.7 Å². The van der Waals surface area contributed by atoms with Gasteiger partial charge in [-0.3, -0.25) is 9.36 Å². The lowest BCUT2D eigenvalue weighted by molar-refractivity contribution is 0.230. The number of methoxy groups -OCH3 is 1. The molecule has 2 heterocycles. The summed E-state index contributed by atoms with van der Waals surface area (Å²) < 4.78 is 13.2. The summed E-state index contributed by atoms with van der Waals surface area (Å²) in [6.45, 7) is 9.01. The van der Waals surface area contributed by atoms with E-state index in [4.69, 9.17) is 9.47 Å². The fraction of sp³-hybridized carbons (Fsp3) is 0.440. The highest BCUT2D eigenvalue weighted by molar-refractivity contribution is 5.79. The molecule has 6 nitrogen and oxygen atoms in total. The molecule has 0 N–H and O–H groups in total. The van der Waals surface area contributed by atoms with Crippen molar-refractivity contribution >= 4 is 10.9 Å². The minimum absolute atomic E-state index is 0.0992. The predicted molar refractivity (Wildman–Crippen MR) is 124 cm³/mol. The Hall–Kier alpha value is -2.86. The first kappa shape index (κ1) is 21.4. The maximum atomic E-state index is 13.2. The van der Waals surface area contributed by atoms with Crippen LogP contribution in [0.15, 0.2) is 41.2 Å². The molecule has 0 aliphatic carbocycles. The van der Waals surface area contributed by atoms with Crippen LogP contribution in [0.3, 0.4) is 0 Å². The molecule has 0 spiro atoms. The van der Waals surface area contributed by atoms with Gasteiger partial charge in [0.05, 0.1) is 30.3 Å². The van der Waals surface area contributed by atoms with E-state index in [9.17, 15) is 4.79 Å². The Morgan fingerprint density at radius 2 is 2.00 bits per heavy atom. The molecule has 0 saturated carbocycles. The number of aryl methyl sites for hydroxylation is 2. The lowest BCUT2D eigenvalue weighted by Crippen LogP contribution is -2.28. The van der Waals surface area contributed by atoms with Crippen LogP contribution in [0.4, 0.5) is 0 Å². The van der Waals surface area contributed by atoms with Crippen LogP contribution in [0.2, 0.25) is 0 Å². The number of rotatable bonds is 7. The Morgan fingerprint density at radius 3 is 2.74 bits per heavy atom. The average molecular weight is 422 g/mol. The van der Waals surface area contributed by atoms with Crippen molar-refractivity contribution in [1.82, 2.24) is 14.5 Å². The Morgan fingerprint density at radius 1 is 1.16 bits per heavy atom. The van der Waals surface area contributed by atoms with Crippen LogP contribution in [-0.2, 0) is 0 Å². The molecule has 164 valence electrons. The van der Waals surface area contributed by atoms with Gasteiger partial charge in [0.25, 0.3) is 5.56 Å². The van der Waals surface area contributed by atoms with Crippen LogP contribution in [0, 0.1) is 13.8 Å². The van der Waals surface area contributed by atoms with Crippen molar-refractivity contribution in [2.45, 2.75) is 46.1 Å². The topological polar surface area (TPSA) is 56.6 Å². The molecule has 1 aliphatic heterocycles. The average Bonchev–Trinajstić information content (AvgIpc) is 3.17. The van der Waals surface area contributed by atoms with Crippen molar-refractivity contribution in [2.24, 2.45) is 0 Å². The Balaban J connectivity index is 1.55. The van der Waals surface area contributed by atoms with Gasteiger partial charge in [-0.2, -0.15) is 0 Å². The number of benzene rings is 2. The quantitative estimate of drug-likeness (QED) is 0.534. The van der Waals surface area contributed by atoms with E-state index >= 15 is 0 Å². The van der Waals surface area contributed by atoms with E-state index in [1.807, 2.05) is 50.2 Å². The van der Waals surface area contributed by atoms with E-state index in [2.05, 4.69) is 16.8 Å². The highest BCUT2D eigenvalue weighted by Gasteiger charge is 2.19. The monoisotopic (exact) mass is 421 g/mol. The van der Waals surface area contributed by atoms with Crippen LogP contribution in [0.1, 0.15) is 37.6 Å². The first-order valence-corrected chi connectivity index (χ1v) is 11.0. The molecular formula is C25H31N3O3. The van der Waals surface area contributed by atoms with Crippen molar-refractivity contribution in [3.05, 3.63) is 58.1 Å². The Labute approximate surface area is 183 Å². The first-order chi connectivity index (χ1) is 15.0. The summed E-state index contributed by atoms with van der Waals surface area (Å²) in [7, 11) is 1.61. The van der Waals surface area contributed by atoms with E-state index in [0.29, 0.717) is 40.8 Å². The standard InChI is InChI=1S/C25H31N3O3/c1-17-8-10-22-21(15-17)25(29)28(19(3)26-22)23-11-9-20(16-24(23)30-4)31-14-6-13-27-12-5-7-18(27)2/h8-11,15-16,18H,5-7,12-14H2,1-4H3/t18-/m1/s1. The van der Waals surface area contributed by atoms with Gasteiger partial charge in [-0.1, -0.05) is 11.6 Å². The smallest absolute Gasteiger partial charge is 0.266 e. The molecule has 0 unspecified atom stereocenters. The van der Waals surface area contributed by atoms with Gasteiger partial charge in [0, 0.05) is 18.7 Å². The second kappa shape index (κ2) is 9.10. The largest absolute Gasteiger partial charge is 0.494 e. The van der Waals surface area contributed by atoms with E-state index in [0.717, 1.165) is 24.3 Å². The van der Waals surface area contributed by atoms with Crippen molar-refractivity contribution in [3.63, 3.8) is 0 Å². The highest BCUT2D eigenvalue weighted by atomic mass is 16.5. The summed E-state index contributed by atoms with van der Waals surface area (Å²) >= 11 is 0. The Bertz CT molecular complexity index is 1140. The third-order valence-corrected chi connectivity index (χ3v) is 6.13. The Kier molecular flexibility index (Phi) is 6.28. The highest BCUT2D eigenvalue weighted by Crippen LogP contribution is 2.28. The minimum atomic E-state index is -0.0992. The van der Waals surface area contributed by atoms with Crippen LogP contribution in [0.5, 0.6) is 11.5 Å². The fourth-order valence-corrected chi connectivity index (χ4v) is 4.41. The van der Waals surface area contributed by atoms with Crippen molar-refractivity contribution in [2.75, 3.05) is 26.8 Å². The summed E-state index contributed by atoms with van der Waals surface area (Å²) in [5, 5.41) is 0.601. The van der Waals surface area contributed by atoms with E-state index in [1.165, 1.54) is 19.4 Å². The van der Waals surface area contributed by atoms with Gasteiger partial charge in [0.2, 0.25) is 0 Å². The van der Waals surface area contributed by atoms with Crippen LogP contribution >= 0.6 is 0 Å². The van der Waals surface area contributed by atoms with Gasteiger partial charge < -0.3 is 14.4 Å². The fourth-order valence-electron chi connectivity index (χ4n) is 4.41. The molecule has 3 aromatic rings. The summed E-state index contributed by atoms with van der Waals surface area (Å²) in [5.74, 6) is 1.95. The molecule has 1 atom stereocenters. The van der Waals surface area contributed by atoms with Gasteiger partial charge in [0.15, 0.2) is 0 Å². The third-order valence-electron chi connectivity index (χ3n) is 6.13. The maximum Gasteiger partial charge on any atom is 0.266 e. The normalized spacial score (nSPS) is 16.7. The van der Waals surface area contributed by atoms with Crippen molar-refractivity contribution < 1.29 is 9.47 Å². The van der Waals surface area contributed by atoms with Crippen LogP contribution in [-0.4, -0.2) is 47.3 Å². The number of nitrogens with zero attached hydrogens (tertiary/aromatic N) is 3. The summed E-state index contributed by atoms with van der Waals surface area (Å²) in [6, 6.07) is 12.0. The second-order valence-electron chi connectivity index (χ2n) is 8.38. The molecule has 0 radical (unpaired) electrons. The number of hydrogen-bond donors (Lipinski definition) is 0. The van der Waals surface area contributed by atoms with E-state index < -0.39 is 0 Å². The number of likely N-dealkylation sites (tertiary alicyclic amines) is 1. The zero-order valence-corrected chi connectivity index (χ0v) is 18.9. The number of ether oxygens (including phenoxy) is 2. The zero-order valence-electron chi connectivity index (χ0n) is 18.9. The van der Waals surface area contributed by atoms with Gasteiger partial charge in [-0.15, -0.1) is 0 Å². The van der Waals surface area contributed by atoms with Crippen molar-refractivity contribution in [3.8, 4) is 17.2 Å². The minimum Gasteiger partial charge on any atom is -0.494 e. The molecular weight excluding hydrogens is 390 g/mol. The summed E-state index contributed by atoms with van der Waals surface area (Å²) in [6.07, 6.45) is 3.57. The van der Waals surface area contributed by atoms with Crippen LogP contribution < -0.4 is 15.0 Å². The lowest BCUT2D eigenvalue weighted by atomic mass is 10.1. The lowest BCUT2D eigenvalue weighted by Gasteiger charge is -2.20.